The van der Waals surface area contributed by atoms with Crippen LogP contribution in [0.2, 0.25) is 0 Å². The van der Waals surface area contributed by atoms with E-state index in [0.29, 0.717) is 33.9 Å². The van der Waals surface area contributed by atoms with E-state index in [1.165, 1.54) is 12.1 Å². The van der Waals surface area contributed by atoms with Gasteiger partial charge in [-0.2, -0.15) is 4.98 Å². The zero-order chi connectivity index (χ0) is 24.2. The molecule has 0 fully saturated rings. The zero-order valence-corrected chi connectivity index (χ0v) is 20.4. The second-order valence-electron chi connectivity index (χ2n) is 7.93. The van der Waals surface area contributed by atoms with E-state index < -0.39 is 0 Å². The van der Waals surface area contributed by atoms with Crippen molar-refractivity contribution in [2.45, 2.75) is 32.7 Å². The van der Waals surface area contributed by atoms with Crippen LogP contribution in [0.25, 0.3) is 17.0 Å². The van der Waals surface area contributed by atoms with Gasteiger partial charge in [0.15, 0.2) is 16.6 Å². The molecule has 1 atom stereocenters. The quantitative estimate of drug-likeness (QED) is 0.431. The Morgan fingerprint density at radius 3 is 2.65 bits per heavy atom. The van der Waals surface area contributed by atoms with Gasteiger partial charge in [0, 0.05) is 17.8 Å². The molecule has 0 saturated carbocycles. The van der Waals surface area contributed by atoms with E-state index in [4.69, 9.17) is 26.2 Å². The van der Waals surface area contributed by atoms with Crippen LogP contribution in [0.3, 0.4) is 0 Å². The van der Waals surface area contributed by atoms with Crippen molar-refractivity contribution in [1.82, 2.24) is 20.4 Å². The second kappa shape index (κ2) is 10.2. The third-order valence-corrected chi connectivity index (χ3v) is 6.15. The summed E-state index contributed by atoms with van der Waals surface area (Å²) in [6.07, 6.45) is 2.01. The van der Waals surface area contributed by atoms with Gasteiger partial charge < -0.3 is 24.2 Å². The Bertz CT molecular complexity index is 1230. The molecule has 2 aromatic carbocycles. The third-order valence-electron chi connectivity index (χ3n) is 5.81. The van der Waals surface area contributed by atoms with Crippen LogP contribution in [0.1, 0.15) is 44.2 Å². The molecule has 2 heterocycles. The number of thiocarbonyl (C=S) groups is 1. The molecule has 1 N–H and O–H groups in total. The highest BCUT2D eigenvalue weighted by atomic mass is 32.1. The molecule has 0 aliphatic carbocycles. The van der Waals surface area contributed by atoms with Crippen LogP contribution in [0.5, 0.6) is 11.5 Å². The number of hydrogen-bond acceptors (Lipinski definition) is 6. The largest absolute Gasteiger partial charge is 0.493 e. The van der Waals surface area contributed by atoms with Gasteiger partial charge in [0.2, 0.25) is 5.82 Å². The topological polar surface area (TPSA) is 72.7 Å². The third kappa shape index (κ3) is 4.61. The Morgan fingerprint density at radius 2 is 1.94 bits per heavy atom. The lowest BCUT2D eigenvalue weighted by atomic mass is 9.94. The molecule has 178 valence electrons. The predicted molar refractivity (Wildman–Crippen MR) is 132 cm³/mol. The highest BCUT2D eigenvalue weighted by Crippen LogP contribution is 2.40. The first-order valence-corrected chi connectivity index (χ1v) is 11.5. The maximum atomic E-state index is 13.8. The molecule has 0 bridgehead atoms. The monoisotopic (exact) mass is 482 g/mol. The van der Waals surface area contributed by atoms with E-state index in [1.54, 1.807) is 26.4 Å². The first-order valence-electron chi connectivity index (χ1n) is 11.1. The van der Waals surface area contributed by atoms with Gasteiger partial charge in [-0.3, -0.25) is 0 Å². The molecule has 4 rings (SSSR count). The van der Waals surface area contributed by atoms with E-state index in [0.717, 1.165) is 36.2 Å². The number of halogens is 1. The normalized spacial score (nSPS) is 16.0. The van der Waals surface area contributed by atoms with Crippen molar-refractivity contribution in [3.05, 3.63) is 65.4 Å². The molecule has 0 radical (unpaired) electrons. The lowest BCUT2D eigenvalue weighted by Gasteiger charge is -2.37. The molecular weight excluding hydrogens is 455 g/mol. The number of allylic oxidation sites excluding steroid dienone is 1. The van der Waals surface area contributed by atoms with Crippen molar-refractivity contribution in [1.29, 1.82) is 0 Å². The SMILES string of the molecule is CCCCN1C(=S)NC(c2ccc(OC)c(OC)c2)C(c2nc(-c3cccc(F)c3)no2)=C1C. The molecule has 1 aromatic heterocycles. The summed E-state index contributed by atoms with van der Waals surface area (Å²) >= 11 is 5.72. The number of benzene rings is 2. The summed E-state index contributed by atoms with van der Waals surface area (Å²) in [6.45, 7) is 4.90. The number of nitrogens with one attached hydrogen (secondary N) is 1. The van der Waals surface area contributed by atoms with E-state index in [9.17, 15) is 4.39 Å². The van der Waals surface area contributed by atoms with E-state index in [2.05, 4.69) is 27.3 Å². The van der Waals surface area contributed by atoms with Crippen molar-refractivity contribution in [3.63, 3.8) is 0 Å². The fourth-order valence-corrected chi connectivity index (χ4v) is 4.35. The molecule has 0 spiro atoms. The molecule has 0 saturated heterocycles. The highest BCUT2D eigenvalue weighted by Gasteiger charge is 2.34. The van der Waals surface area contributed by atoms with Crippen molar-refractivity contribution < 1.29 is 18.4 Å². The Kier molecular flexibility index (Phi) is 7.12. The lowest BCUT2D eigenvalue weighted by molar-refractivity contribution is 0.354. The van der Waals surface area contributed by atoms with Gasteiger partial charge >= 0.3 is 0 Å². The predicted octanol–water partition coefficient (Wildman–Crippen LogP) is 5.36. The van der Waals surface area contributed by atoms with E-state index in [-0.39, 0.29) is 11.9 Å². The summed E-state index contributed by atoms with van der Waals surface area (Å²) < 4.78 is 30.4. The smallest absolute Gasteiger partial charge is 0.258 e. The Morgan fingerprint density at radius 1 is 1.15 bits per heavy atom. The lowest BCUT2D eigenvalue weighted by Crippen LogP contribution is -2.46. The summed E-state index contributed by atoms with van der Waals surface area (Å²) in [4.78, 5) is 6.67. The molecule has 7 nitrogen and oxygen atoms in total. The van der Waals surface area contributed by atoms with E-state index >= 15 is 0 Å². The van der Waals surface area contributed by atoms with Gasteiger partial charge in [-0.15, -0.1) is 0 Å². The molecule has 1 aliphatic rings. The second-order valence-corrected chi connectivity index (χ2v) is 8.32. The van der Waals surface area contributed by atoms with Gasteiger partial charge in [-0.05, 0) is 55.4 Å². The Hall–Kier alpha value is -3.46. The number of hydrogen-bond donors (Lipinski definition) is 1. The summed E-state index contributed by atoms with van der Waals surface area (Å²) in [5.74, 6) is 1.52. The van der Waals surface area contributed by atoms with Crippen LogP contribution in [0.4, 0.5) is 4.39 Å². The first-order chi connectivity index (χ1) is 16.5. The molecule has 1 aliphatic heterocycles. The Balaban J connectivity index is 1.82. The maximum absolute atomic E-state index is 13.8. The van der Waals surface area contributed by atoms with Gasteiger partial charge in [0.1, 0.15) is 5.82 Å². The van der Waals surface area contributed by atoms with Crippen molar-refractivity contribution in [3.8, 4) is 22.9 Å². The molecule has 3 aromatic rings. The van der Waals surface area contributed by atoms with Crippen LogP contribution >= 0.6 is 12.2 Å². The van der Waals surface area contributed by atoms with Gasteiger partial charge in [-0.25, -0.2) is 4.39 Å². The fraction of sp³-hybridized carbons (Fsp3) is 0.320. The average Bonchev–Trinajstić information content (AvgIpc) is 3.33. The standard InChI is InChI=1S/C25H27FN4O3S/c1-5-6-12-30-15(2)21(24-28-23(29-33-24)17-8-7-9-18(26)13-17)22(27-25(30)34)16-10-11-19(31-3)20(14-16)32-4/h7-11,13-14,22H,5-6,12H2,1-4H3,(H,27,34). The zero-order valence-electron chi connectivity index (χ0n) is 19.6. The number of rotatable bonds is 8. The minimum absolute atomic E-state index is 0.314. The maximum Gasteiger partial charge on any atom is 0.258 e. The highest BCUT2D eigenvalue weighted by molar-refractivity contribution is 7.80. The number of unbranched alkanes of at least 4 members (excludes halogenated alkanes) is 1. The summed E-state index contributed by atoms with van der Waals surface area (Å²) in [5, 5.41) is 8.18. The Labute approximate surface area is 203 Å². The number of aromatic nitrogens is 2. The summed E-state index contributed by atoms with van der Waals surface area (Å²) in [6, 6.07) is 11.5. The van der Waals surface area contributed by atoms with Crippen LogP contribution in [-0.2, 0) is 0 Å². The van der Waals surface area contributed by atoms with Gasteiger partial charge in [0.05, 0.1) is 25.8 Å². The molecular formula is C25H27FN4O3S. The van der Waals surface area contributed by atoms with Crippen LogP contribution in [0, 0.1) is 5.82 Å². The van der Waals surface area contributed by atoms with Crippen LogP contribution in [0.15, 0.2) is 52.7 Å². The number of methoxy groups -OCH3 is 2. The fourth-order valence-electron chi connectivity index (χ4n) is 4.00. The number of nitrogens with zero attached hydrogens (tertiary/aromatic N) is 3. The minimum atomic E-state index is -0.363. The molecule has 0 amide bonds. The van der Waals surface area contributed by atoms with Gasteiger partial charge in [0.25, 0.3) is 5.89 Å². The minimum Gasteiger partial charge on any atom is -0.493 e. The van der Waals surface area contributed by atoms with Crippen molar-refractivity contribution in [2.75, 3.05) is 20.8 Å². The first kappa shape index (κ1) is 23.7. The average molecular weight is 483 g/mol. The van der Waals surface area contributed by atoms with Crippen molar-refractivity contribution in [2.24, 2.45) is 0 Å². The molecule has 34 heavy (non-hydrogen) atoms. The summed E-state index contributed by atoms with van der Waals surface area (Å²) in [7, 11) is 3.19. The van der Waals surface area contributed by atoms with Crippen molar-refractivity contribution >= 4 is 22.9 Å². The molecule has 1 unspecified atom stereocenters. The van der Waals surface area contributed by atoms with E-state index in [1.807, 2.05) is 25.1 Å². The number of ether oxygens (including phenoxy) is 2. The van der Waals surface area contributed by atoms with Crippen LogP contribution in [-0.4, -0.2) is 40.9 Å². The summed E-state index contributed by atoms with van der Waals surface area (Å²) in [5.41, 5.74) is 3.16. The molecule has 9 heteroatoms. The van der Waals surface area contributed by atoms with Crippen LogP contribution < -0.4 is 14.8 Å². The van der Waals surface area contributed by atoms with Gasteiger partial charge in [-0.1, -0.05) is 36.7 Å².